The van der Waals surface area contributed by atoms with Crippen LogP contribution in [0, 0.1) is 0 Å². The van der Waals surface area contributed by atoms with E-state index < -0.39 is 5.97 Å². The number of carbonyl (C=O) groups excluding carboxylic acids is 1. The maximum atomic E-state index is 10.8. The molecule has 0 spiro atoms. The Kier molecular flexibility index (Phi) is 4.11. The van der Waals surface area contributed by atoms with Gasteiger partial charge in [-0.05, 0) is 12.1 Å². The van der Waals surface area contributed by atoms with Crippen molar-refractivity contribution in [2.45, 2.75) is 4.90 Å². The lowest BCUT2D eigenvalue weighted by molar-refractivity contribution is -0.137. The van der Waals surface area contributed by atoms with Gasteiger partial charge in [0.1, 0.15) is 5.69 Å². The SMILES string of the molecule is COC(=O)CSc1ccnc(C(=O)O)c1. The molecular formula is C9H9NO4S. The van der Waals surface area contributed by atoms with Crippen molar-refractivity contribution in [1.82, 2.24) is 4.98 Å². The third-order valence-corrected chi connectivity index (χ3v) is 2.50. The zero-order valence-electron chi connectivity index (χ0n) is 7.97. The Morgan fingerprint density at radius 1 is 1.60 bits per heavy atom. The number of hydrogen-bond acceptors (Lipinski definition) is 5. The topological polar surface area (TPSA) is 76.5 Å². The number of methoxy groups -OCH3 is 1. The first kappa shape index (κ1) is 11.5. The quantitative estimate of drug-likeness (QED) is 0.612. The Hall–Kier alpha value is -1.56. The monoisotopic (exact) mass is 227 g/mol. The number of thioether (sulfide) groups is 1. The molecule has 1 N–H and O–H groups in total. The minimum absolute atomic E-state index is 0.0372. The minimum Gasteiger partial charge on any atom is -0.477 e. The van der Waals surface area contributed by atoms with Gasteiger partial charge in [-0.1, -0.05) is 0 Å². The van der Waals surface area contributed by atoms with Crippen LogP contribution >= 0.6 is 11.8 Å². The largest absolute Gasteiger partial charge is 0.477 e. The summed E-state index contributed by atoms with van der Waals surface area (Å²) in [5.41, 5.74) is -0.0372. The van der Waals surface area contributed by atoms with E-state index in [-0.39, 0.29) is 17.4 Å². The van der Waals surface area contributed by atoms with Crippen LogP contribution in [0.1, 0.15) is 10.5 Å². The van der Waals surface area contributed by atoms with E-state index in [2.05, 4.69) is 9.72 Å². The number of aromatic carboxylic acids is 1. The summed E-state index contributed by atoms with van der Waals surface area (Å²) >= 11 is 1.21. The zero-order valence-corrected chi connectivity index (χ0v) is 8.78. The van der Waals surface area contributed by atoms with E-state index in [9.17, 15) is 9.59 Å². The van der Waals surface area contributed by atoms with Gasteiger partial charge < -0.3 is 9.84 Å². The Morgan fingerprint density at radius 3 is 2.93 bits per heavy atom. The van der Waals surface area contributed by atoms with E-state index in [4.69, 9.17) is 5.11 Å². The predicted molar refractivity (Wildman–Crippen MR) is 53.9 cm³/mol. The van der Waals surface area contributed by atoms with Gasteiger partial charge in [0.15, 0.2) is 0 Å². The molecule has 1 rings (SSSR count). The summed E-state index contributed by atoms with van der Waals surface area (Å²) in [7, 11) is 1.30. The molecule has 1 aromatic rings. The average Bonchev–Trinajstić information content (AvgIpc) is 2.26. The maximum absolute atomic E-state index is 10.8. The predicted octanol–water partition coefficient (Wildman–Crippen LogP) is 1.04. The van der Waals surface area contributed by atoms with Gasteiger partial charge in [0.05, 0.1) is 12.9 Å². The summed E-state index contributed by atoms with van der Waals surface area (Å²) in [6.07, 6.45) is 1.39. The molecule has 0 aromatic carbocycles. The molecule has 0 aliphatic carbocycles. The Morgan fingerprint density at radius 2 is 2.33 bits per heavy atom. The first-order valence-electron chi connectivity index (χ1n) is 4.02. The van der Waals surface area contributed by atoms with Crippen LogP contribution in [-0.4, -0.2) is 34.9 Å². The first-order chi connectivity index (χ1) is 7.13. The number of carboxylic acids is 1. The van der Waals surface area contributed by atoms with Gasteiger partial charge in [-0.2, -0.15) is 0 Å². The fourth-order valence-corrected chi connectivity index (χ4v) is 1.57. The van der Waals surface area contributed by atoms with Crippen molar-refractivity contribution in [3.8, 4) is 0 Å². The Bertz CT molecular complexity index is 380. The van der Waals surface area contributed by atoms with E-state index >= 15 is 0 Å². The van der Waals surface area contributed by atoms with Crippen molar-refractivity contribution >= 4 is 23.7 Å². The Balaban J connectivity index is 2.66. The highest BCUT2D eigenvalue weighted by molar-refractivity contribution is 8.00. The minimum atomic E-state index is -1.09. The molecule has 0 bridgehead atoms. The van der Waals surface area contributed by atoms with Crippen LogP contribution in [0.25, 0.3) is 0 Å². The third kappa shape index (κ3) is 3.59. The number of esters is 1. The van der Waals surface area contributed by atoms with Crippen LogP contribution in [0.15, 0.2) is 23.2 Å². The van der Waals surface area contributed by atoms with Crippen LogP contribution in [-0.2, 0) is 9.53 Å². The lowest BCUT2D eigenvalue weighted by atomic mass is 10.3. The summed E-state index contributed by atoms with van der Waals surface area (Å²) in [5, 5.41) is 8.67. The van der Waals surface area contributed by atoms with Gasteiger partial charge in [-0.25, -0.2) is 9.78 Å². The van der Waals surface area contributed by atoms with Crippen molar-refractivity contribution in [3.63, 3.8) is 0 Å². The average molecular weight is 227 g/mol. The second kappa shape index (κ2) is 5.35. The highest BCUT2D eigenvalue weighted by atomic mass is 32.2. The number of carbonyl (C=O) groups is 2. The maximum Gasteiger partial charge on any atom is 0.354 e. The summed E-state index contributed by atoms with van der Waals surface area (Å²) in [4.78, 5) is 25.7. The van der Waals surface area contributed by atoms with Gasteiger partial charge in [-0.3, -0.25) is 4.79 Å². The lowest BCUT2D eigenvalue weighted by Gasteiger charge is -2.00. The Labute approximate surface area is 90.5 Å². The fraction of sp³-hybridized carbons (Fsp3) is 0.222. The summed E-state index contributed by atoms with van der Waals surface area (Å²) < 4.78 is 4.46. The number of pyridine rings is 1. The van der Waals surface area contributed by atoms with Gasteiger partial charge >= 0.3 is 11.9 Å². The highest BCUT2D eigenvalue weighted by Gasteiger charge is 2.07. The molecule has 80 valence electrons. The van der Waals surface area contributed by atoms with E-state index in [1.165, 1.54) is 31.1 Å². The van der Waals surface area contributed by atoms with Crippen LogP contribution in [0.2, 0.25) is 0 Å². The van der Waals surface area contributed by atoms with Gasteiger partial charge in [0.2, 0.25) is 0 Å². The molecule has 0 atom stereocenters. The smallest absolute Gasteiger partial charge is 0.354 e. The molecule has 6 heteroatoms. The molecule has 0 saturated heterocycles. The molecule has 1 aromatic heterocycles. The van der Waals surface area contributed by atoms with E-state index in [1.54, 1.807) is 6.07 Å². The number of nitrogens with zero attached hydrogens (tertiary/aromatic N) is 1. The molecule has 0 fully saturated rings. The van der Waals surface area contributed by atoms with E-state index in [0.29, 0.717) is 4.90 Å². The second-order valence-corrected chi connectivity index (χ2v) is 3.60. The molecule has 0 amide bonds. The fourth-order valence-electron chi connectivity index (χ4n) is 0.819. The van der Waals surface area contributed by atoms with Crippen molar-refractivity contribution in [2.75, 3.05) is 12.9 Å². The molecule has 5 nitrogen and oxygen atoms in total. The molecule has 0 saturated carbocycles. The van der Waals surface area contributed by atoms with Gasteiger partial charge in [0.25, 0.3) is 0 Å². The highest BCUT2D eigenvalue weighted by Crippen LogP contribution is 2.17. The van der Waals surface area contributed by atoms with Crippen LogP contribution in [0.5, 0.6) is 0 Å². The van der Waals surface area contributed by atoms with Crippen molar-refractivity contribution in [3.05, 3.63) is 24.0 Å². The number of aromatic nitrogens is 1. The van der Waals surface area contributed by atoms with Gasteiger partial charge in [0, 0.05) is 11.1 Å². The molecular weight excluding hydrogens is 218 g/mol. The van der Waals surface area contributed by atoms with Crippen molar-refractivity contribution in [1.29, 1.82) is 0 Å². The number of rotatable bonds is 4. The van der Waals surface area contributed by atoms with Crippen molar-refractivity contribution in [2.24, 2.45) is 0 Å². The zero-order chi connectivity index (χ0) is 11.3. The van der Waals surface area contributed by atoms with Gasteiger partial charge in [-0.15, -0.1) is 11.8 Å². The number of ether oxygens (including phenoxy) is 1. The molecule has 1 heterocycles. The molecule has 15 heavy (non-hydrogen) atoms. The van der Waals surface area contributed by atoms with Crippen LogP contribution in [0.3, 0.4) is 0 Å². The molecule has 0 aliphatic rings. The standard InChI is InChI=1S/C9H9NO4S/c1-14-8(11)5-15-6-2-3-10-7(4-6)9(12)13/h2-4H,5H2,1H3,(H,12,13). The molecule has 0 aliphatic heterocycles. The number of hydrogen-bond donors (Lipinski definition) is 1. The molecule has 0 unspecified atom stereocenters. The van der Waals surface area contributed by atoms with Crippen molar-refractivity contribution < 1.29 is 19.4 Å². The third-order valence-electron chi connectivity index (χ3n) is 1.53. The van der Waals surface area contributed by atoms with E-state index in [1.807, 2.05) is 0 Å². The molecule has 0 radical (unpaired) electrons. The number of carboxylic acid groups (broad SMARTS) is 1. The second-order valence-electron chi connectivity index (χ2n) is 2.55. The summed E-state index contributed by atoms with van der Waals surface area (Å²) in [6.45, 7) is 0. The normalized spacial score (nSPS) is 9.67. The van der Waals surface area contributed by atoms with Crippen LogP contribution < -0.4 is 0 Å². The van der Waals surface area contributed by atoms with Crippen LogP contribution in [0.4, 0.5) is 0 Å². The first-order valence-corrected chi connectivity index (χ1v) is 5.01. The van der Waals surface area contributed by atoms with E-state index in [0.717, 1.165) is 0 Å². The lowest BCUT2D eigenvalue weighted by Crippen LogP contribution is -2.03. The summed E-state index contributed by atoms with van der Waals surface area (Å²) in [5.74, 6) is -1.29. The summed E-state index contributed by atoms with van der Waals surface area (Å²) in [6, 6.07) is 3.05.